The number of rotatable bonds is 4. The van der Waals surface area contributed by atoms with Gasteiger partial charge in [-0.3, -0.25) is 4.90 Å². The summed E-state index contributed by atoms with van der Waals surface area (Å²) >= 11 is 5.68. The second kappa shape index (κ2) is 4.45. The monoisotopic (exact) mass is 225 g/mol. The Morgan fingerprint density at radius 3 is 2.73 bits per heavy atom. The minimum Gasteiger partial charge on any atom is -0.298 e. The number of aromatic nitrogens is 2. The number of hydrogen-bond acceptors (Lipinski definition) is 3. The van der Waals surface area contributed by atoms with Gasteiger partial charge in [0.05, 0.1) is 5.69 Å². The van der Waals surface area contributed by atoms with Gasteiger partial charge >= 0.3 is 0 Å². The summed E-state index contributed by atoms with van der Waals surface area (Å²) in [6, 6.07) is 4.37. The van der Waals surface area contributed by atoms with Gasteiger partial charge in [0, 0.05) is 12.6 Å². The molecule has 1 aliphatic rings. The van der Waals surface area contributed by atoms with E-state index in [0.717, 1.165) is 18.2 Å². The lowest BCUT2D eigenvalue weighted by Gasteiger charge is -2.23. The molecule has 0 bridgehead atoms. The molecule has 0 amide bonds. The molecule has 0 saturated heterocycles. The minimum absolute atomic E-state index is 0.455. The predicted octanol–water partition coefficient (Wildman–Crippen LogP) is 2.36. The van der Waals surface area contributed by atoms with E-state index in [1.54, 1.807) is 6.07 Å². The Kier molecular flexibility index (Phi) is 3.22. The Morgan fingerprint density at radius 1 is 1.47 bits per heavy atom. The summed E-state index contributed by atoms with van der Waals surface area (Å²) in [6.45, 7) is 3.13. The van der Waals surface area contributed by atoms with E-state index in [4.69, 9.17) is 11.6 Å². The molecule has 1 aromatic heterocycles. The van der Waals surface area contributed by atoms with Crippen molar-refractivity contribution in [1.82, 2.24) is 15.1 Å². The minimum atomic E-state index is 0.455. The van der Waals surface area contributed by atoms with Gasteiger partial charge in [0.15, 0.2) is 5.15 Å². The first-order valence-corrected chi connectivity index (χ1v) is 5.73. The Bertz CT molecular complexity index is 321. The third kappa shape index (κ3) is 2.89. The van der Waals surface area contributed by atoms with Crippen LogP contribution in [0.5, 0.6) is 0 Å². The van der Waals surface area contributed by atoms with Crippen molar-refractivity contribution in [2.45, 2.75) is 32.4 Å². The molecular weight excluding hydrogens is 210 g/mol. The summed E-state index contributed by atoms with van der Waals surface area (Å²) in [6.07, 6.45) is 2.75. The summed E-state index contributed by atoms with van der Waals surface area (Å²) in [5, 5.41) is 8.35. The molecule has 0 N–H and O–H groups in total. The molecule has 82 valence electrons. The summed E-state index contributed by atoms with van der Waals surface area (Å²) in [7, 11) is 2.14. The van der Waals surface area contributed by atoms with Gasteiger partial charge in [-0.15, -0.1) is 5.10 Å². The molecule has 2 rings (SSSR count). The Hall–Kier alpha value is -0.670. The first-order chi connectivity index (χ1) is 7.16. The average molecular weight is 226 g/mol. The Labute approximate surface area is 95.5 Å². The highest BCUT2D eigenvalue weighted by atomic mass is 35.5. The molecule has 0 radical (unpaired) electrons. The first kappa shape index (κ1) is 10.8. The van der Waals surface area contributed by atoms with Crippen molar-refractivity contribution in [3.63, 3.8) is 0 Å². The highest BCUT2D eigenvalue weighted by Crippen LogP contribution is 2.34. The van der Waals surface area contributed by atoms with Crippen LogP contribution >= 0.6 is 11.6 Å². The molecule has 1 aromatic rings. The van der Waals surface area contributed by atoms with Gasteiger partial charge in [-0.1, -0.05) is 11.6 Å². The number of nitrogens with zero attached hydrogens (tertiary/aromatic N) is 3. The second-order valence-corrected chi connectivity index (χ2v) is 4.73. The van der Waals surface area contributed by atoms with Gasteiger partial charge in [-0.05, 0) is 44.9 Å². The van der Waals surface area contributed by atoms with E-state index in [2.05, 4.69) is 29.1 Å². The fourth-order valence-corrected chi connectivity index (χ4v) is 1.87. The van der Waals surface area contributed by atoms with Crippen LogP contribution in [0.1, 0.15) is 25.5 Å². The zero-order valence-electron chi connectivity index (χ0n) is 9.15. The van der Waals surface area contributed by atoms with E-state index >= 15 is 0 Å². The maximum atomic E-state index is 5.68. The van der Waals surface area contributed by atoms with Gasteiger partial charge in [0.2, 0.25) is 0 Å². The number of halogens is 1. The van der Waals surface area contributed by atoms with Crippen molar-refractivity contribution in [3.05, 3.63) is 23.0 Å². The van der Waals surface area contributed by atoms with E-state index in [1.165, 1.54) is 12.8 Å². The molecule has 1 heterocycles. The van der Waals surface area contributed by atoms with Gasteiger partial charge in [-0.2, -0.15) is 5.10 Å². The molecule has 1 aliphatic carbocycles. The van der Waals surface area contributed by atoms with Crippen LogP contribution in [0.3, 0.4) is 0 Å². The van der Waals surface area contributed by atoms with Crippen molar-refractivity contribution >= 4 is 11.6 Å². The molecule has 3 nitrogen and oxygen atoms in total. The fraction of sp³-hybridized carbons (Fsp3) is 0.636. The van der Waals surface area contributed by atoms with Crippen molar-refractivity contribution in [2.75, 3.05) is 7.05 Å². The molecular formula is C11H16ClN3. The lowest BCUT2D eigenvalue weighted by molar-refractivity contribution is 0.223. The predicted molar refractivity (Wildman–Crippen MR) is 60.7 cm³/mol. The van der Waals surface area contributed by atoms with Crippen molar-refractivity contribution in [2.24, 2.45) is 5.92 Å². The largest absolute Gasteiger partial charge is 0.298 e. The van der Waals surface area contributed by atoms with E-state index in [9.17, 15) is 0 Å². The fourth-order valence-electron chi connectivity index (χ4n) is 1.77. The molecule has 0 aromatic carbocycles. The number of hydrogen-bond donors (Lipinski definition) is 0. The summed E-state index contributed by atoms with van der Waals surface area (Å²) in [4.78, 5) is 2.33. The van der Waals surface area contributed by atoms with Crippen molar-refractivity contribution < 1.29 is 0 Å². The molecule has 1 fully saturated rings. The highest BCUT2D eigenvalue weighted by Gasteiger charge is 2.30. The highest BCUT2D eigenvalue weighted by molar-refractivity contribution is 6.29. The molecule has 0 spiro atoms. The molecule has 4 heteroatoms. The quantitative estimate of drug-likeness (QED) is 0.788. The van der Waals surface area contributed by atoms with Crippen LogP contribution in [-0.4, -0.2) is 28.2 Å². The van der Waals surface area contributed by atoms with Gasteiger partial charge < -0.3 is 0 Å². The van der Waals surface area contributed by atoms with Crippen LogP contribution in [0.4, 0.5) is 0 Å². The van der Waals surface area contributed by atoms with Crippen LogP contribution < -0.4 is 0 Å². The van der Waals surface area contributed by atoms with Crippen LogP contribution in [0, 0.1) is 5.92 Å². The Balaban J connectivity index is 1.92. The molecule has 0 aliphatic heterocycles. The lowest BCUT2D eigenvalue weighted by atomic mass is 10.2. The van der Waals surface area contributed by atoms with Gasteiger partial charge in [-0.25, -0.2) is 0 Å². The summed E-state index contributed by atoms with van der Waals surface area (Å²) in [5.41, 5.74) is 0.981. The van der Waals surface area contributed by atoms with Gasteiger partial charge in [0.25, 0.3) is 0 Å². The molecule has 1 saturated carbocycles. The smallest absolute Gasteiger partial charge is 0.151 e. The maximum Gasteiger partial charge on any atom is 0.151 e. The van der Waals surface area contributed by atoms with E-state index < -0.39 is 0 Å². The third-order valence-corrected chi connectivity index (χ3v) is 3.30. The first-order valence-electron chi connectivity index (χ1n) is 5.35. The molecule has 1 unspecified atom stereocenters. The zero-order chi connectivity index (χ0) is 10.8. The standard InChI is InChI=1S/C11H16ClN3/c1-8(9-3-4-9)15(2)7-10-5-6-11(12)14-13-10/h5-6,8-9H,3-4,7H2,1-2H3. The van der Waals surface area contributed by atoms with Crippen molar-refractivity contribution in [1.29, 1.82) is 0 Å². The van der Waals surface area contributed by atoms with E-state index in [1.807, 2.05) is 6.07 Å². The van der Waals surface area contributed by atoms with Crippen molar-refractivity contribution in [3.8, 4) is 0 Å². The average Bonchev–Trinajstić information content (AvgIpc) is 3.04. The SMILES string of the molecule is CC(C1CC1)N(C)Cc1ccc(Cl)nn1. The van der Waals surface area contributed by atoms with Gasteiger partial charge in [0.1, 0.15) is 0 Å². The topological polar surface area (TPSA) is 29.0 Å². The Morgan fingerprint density at radius 2 is 2.20 bits per heavy atom. The van der Waals surface area contributed by atoms with Crippen LogP contribution in [-0.2, 0) is 6.54 Å². The zero-order valence-corrected chi connectivity index (χ0v) is 9.91. The maximum absolute atomic E-state index is 5.68. The molecule has 1 atom stereocenters. The van der Waals surface area contributed by atoms with E-state index in [0.29, 0.717) is 11.2 Å². The lowest BCUT2D eigenvalue weighted by Crippen LogP contribution is -2.30. The van der Waals surface area contributed by atoms with Crippen LogP contribution in [0.15, 0.2) is 12.1 Å². The summed E-state index contributed by atoms with van der Waals surface area (Å²) < 4.78 is 0. The normalized spacial score (nSPS) is 18.1. The second-order valence-electron chi connectivity index (χ2n) is 4.34. The van der Waals surface area contributed by atoms with E-state index in [-0.39, 0.29) is 0 Å². The van der Waals surface area contributed by atoms with Crippen LogP contribution in [0.2, 0.25) is 5.15 Å². The summed E-state index contributed by atoms with van der Waals surface area (Å²) in [5.74, 6) is 0.884. The molecule has 15 heavy (non-hydrogen) atoms. The van der Waals surface area contributed by atoms with Crippen LogP contribution in [0.25, 0.3) is 0 Å². The third-order valence-electron chi connectivity index (χ3n) is 3.10.